The van der Waals surface area contributed by atoms with Crippen LogP contribution in [-0.4, -0.2) is 48.1 Å². The first-order valence-corrected chi connectivity index (χ1v) is 11.4. The predicted molar refractivity (Wildman–Crippen MR) is 122 cm³/mol. The van der Waals surface area contributed by atoms with Gasteiger partial charge in [0.15, 0.2) is 11.6 Å². The Morgan fingerprint density at radius 3 is 2.69 bits per heavy atom. The van der Waals surface area contributed by atoms with Crippen LogP contribution in [0, 0.1) is 18.2 Å². The molecule has 0 aliphatic carbocycles. The molecule has 0 atom stereocenters. The van der Waals surface area contributed by atoms with E-state index in [-0.39, 0.29) is 17.5 Å². The number of aromatic nitrogens is 2. The molecule has 1 amide bonds. The first kappa shape index (κ1) is 22.5. The van der Waals surface area contributed by atoms with E-state index in [4.69, 9.17) is 4.74 Å². The summed E-state index contributed by atoms with van der Waals surface area (Å²) in [5, 5.41) is 6.26. The van der Waals surface area contributed by atoms with Crippen LogP contribution in [0.3, 0.4) is 0 Å². The summed E-state index contributed by atoms with van der Waals surface area (Å²) in [7, 11) is 0. The molecule has 0 unspecified atom stereocenters. The average Bonchev–Trinajstić information content (AvgIpc) is 2.74. The number of rotatable bonds is 6. The Kier molecular flexibility index (Phi) is 6.33. The van der Waals surface area contributed by atoms with Gasteiger partial charge in [0.1, 0.15) is 17.4 Å². The van der Waals surface area contributed by atoms with E-state index >= 15 is 0 Å². The van der Waals surface area contributed by atoms with Gasteiger partial charge in [-0.2, -0.15) is 0 Å². The highest BCUT2D eigenvalue weighted by atomic mass is 19.1. The molecule has 4 rings (SSSR count). The molecule has 1 aromatic heterocycles. The molecule has 0 bridgehead atoms. The number of nitrogens with zero attached hydrogens (tertiary/aromatic N) is 3. The van der Waals surface area contributed by atoms with Gasteiger partial charge in [-0.1, -0.05) is 6.92 Å². The molecule has 0 radical (unpaired) electrons. The number of nitrogens with one attached hydrogen (secondary N) is 2. The zero-order valence-electron chi connectivity index (χ0n) is 19.3. The highest BCUT2D eigenvalue weighted by molar-refractivity contribution is 5.97. The maximum Gasteiger partial charge on any atom is 0.255 e. The molecule has 32 heavy (non-hydrogen) atoms. The first-order valence-electron chi connectivity index (χ1n) is 11.4. The number of hydrogen-bond donors (Lipinski definition) is 2. The standard InChI is InChI=1S/C24H32FN5O2/c1-5-17-10-18(25)11-19(23(31)28-15(2)3)21(17)32-20-12-27-16(4)29-22(20)30-13-24(14-30)6-8-26-9-7-24/h10-12,15,26H,5-9,13-14H2,1-4H3,(H,28,31). The zero-order chi connectivity index (χ0) is 22.9. The molecule has 1 spiro atoms. The monoisotopic (exact) mass is 441 g/mol. The fourth-order valence-electron chi connectivity index (χ4n) is 4.58. The molecule has 1 aromatic carbocycles. The van der Waals surface area contributed by atoms with E-state index in [2.05, 4.69) is 25.5 Å². The van der Waals surface area contributed by atoms with Crippen LogP contribution >= 0.6 is 0 Å². The SMILES string of the molecule is CCc1cc(F)cc(C(=O)NC(C)C)c1Oc1cnc(C)nc1N1CC2(CCNCC2)C1. The Bertz CT molecular complexity index is 996. The van der Waals surface area contributed by atoms with Gasteiger partial charge in [0.25, 0.3) is 5.91 Å². The van der Waals surface area contributed by atoms with Gasteiger partial charge in [-0.25, -0.2) is 14.4 Å². The second-order valence-corrected chi connectivity index (χ2v) is 9.24. The Hall–Kier alpha value is -2.74. The van der Waals surface area contributed by atoms with Gasteiger partial charge in [0, 0.05) is 24.5 Å². The molecule has 2 fully saturated rings. The Morgan fingerprint density at radius 1 is 1.31 bits per heavy atom. The fourth-order valence-corrected chi connectivity index (χ4v) is 4.58. The third kappa shape index (κ3) is 4.55. The number of anilines is 1. The second kappa shape index (κ2) is 9.02. The van der Waals surface area contributed by atoms with Crippen LogP contribution in [0.4, 0.5) is 10.2 Å². The summed E-state index contributed by atoms with van der Waals surface area (Å²) < 4.78 is 20.6. The maximum atomic E-state index is 14.3. The van der Waals surface area contributed by atoms with Crippen molar-refractivity contribution in [2.75, 3.05) is 31.1 Å². The number of halogens is 1. The van der Waals surface area contributed by atoms with Crippen molar-refractivity contribution in [3.8, 4) is 11.5 Å². The molecular weight excluding hydrogens is 409 g/mol. The molecular formula is C24H32FN5O2. The van der Waals surface area contributed by atoms with Crippen molar-refractivity contribution in [1.29, 1.82) is 0 Å². The normalized spacial score (nSPS) is 17.4. The van der Waals surface area contributed by atoms with E-state index in [1.165, 1.54) is 12.1 Å². The molecule has 2 aliphatic heterocycles. The van der Waals surface area contributed by atoms with E-state index < -0.39 is 5.82 Å². The third-order valence-corrected chi connectivity index (χ3v) is 6.26. The number of ether oxygens (including phenoxy) is 1. The molecule has 8 heteroatoms. The minimum absolute atomic E-state index is 0.0794. The van der Waals surface area contributed by atoms with E-state index in [1.807, 2.05) is 27.7 Å². The van der Waals surface area contributed by atoms with Crippen molar-refractivity contribution in [2.24, 2.45) is 5.41 Å². The lowest BCUT2D eigenvalue weighted by Crippen LogP contribution is -2.60. The van der Waals surface area contributed by atoms with E-state index in [0.29, 0.717) is 34.7 Å². The van der Waals surface area contributed by atoms with Crippen LogP contribution in [0.15, 0.2) is 18.3 Å². The smallest absolute Gasteiger partial charge is 0.255 e. The van der Waals surface area contributed by atoms with Crippen molar-refractivity contribution < 1.29 is 13.9 Å². The zero-order valence-corrected chi connectivity index (χ0v) is 19.3. The third-order valence-electron chi connectivity index (χ3n) is 6.26. The molecule has 0 saturated carbocycles. The molecule has 2 aromatic rings. The summed E-state index contributed by atoms with van der Waals surface area (Å²) in [4.78, 5) is 24.0. The Morgan fingerprint density at radius 2 is 2.03 bits per heavy atom. The first-order chi connectivity index (χ1) is 15.3. The Labute approximate surface area is 188 Å². The molecule has 7 nitrogen and oxygen atoms in total. The maximum absolute atomic E-state index is 14.3. The van der Waals surface area contributed by atoms with Gasteiger partial charge < -0.3 is 20.3 Å². The summed E-state index contributed by atoms with van der Waals surface area (Å²) in [5.74, 6) is 1.40. The van der Waals surface area contributed by atoms with Crippen LogP contribution in [0.5, 0.6) is 11.5 Å². The van der Waals surface area contributed by atoms with Crippen LogP contribution in [-0.2, 0) is 6.42 Å². The lowest BCUT2D eigenvalue weighted by atomic mass is 9.72. The predicted octanol–water partition coefficient (Wildman–Crippen LogP) is 3.61. The number of carbonyl (C=O) groups is 1. The molecule has 2 N–H and O–H groups in total. The summed E-state index contributed by atoms with van der Waals surface area (Å²) in [6.07, 6.45) is 4.48. The van der Waals surface area contributed by atoms with E-state index in [1.54, 1.807) is 6.20 Å². The number of carbonyl (C=O) groups excluding carboxylic acids is 1. The van der Waals surface area contributed by atoms with Crippen molar-refractivity contribution in [3.05, 3.63) is 41.1 Å². The van der Waals surface area contributed by atoms with E-state index in [9.17, 15) is 9.18 Å². The minimum Gasteiger partial charge on any atom is -0.451 e. The second-order valence-electron chi connectivity index (χ2n) is 9.24. The fraction of sp³-hybridized carbons (Fsp3) is 0.542. The van der Waals surface area contributed by atoms with Crippen molar-refractivity contribution in [1.82, 2.24) is 20.6 Å². The van der Waals surface area contributed by atoms with Crippen molar-refractivity contribution in [3.63, 3.8) is 0 Å². The van der Waals surface area contributed by atoms with Crippen molar-refractivity contribution in [2.45, 2.75) is 53.0 Å². The molecule has 2 saturated heterocycles. The lowest BCUT2D eigenvalue weighted by molar-refractivity contribution is 0.0940. The van der Waals surface area contributed by atoms with Crippen LogP contribution in [0.2, 0.25) is 0 Å². The van der Waals surface area contributed by atoms with Crippen molar-refractivity contribution >= 4 is 11.7 Å². The van der Waals surface area contributed by atoms with Crippen LogP contribution < -0.4 is 20.3 Å². The van der Waals surface area contributed by atoms with Crippen LogP contribution in [0.25, 0.3) is 0 Å². The summed E-state index contributed by atoms with van der Waals surface area (Å²) >= 11 is 0. The molecule has 2 aliphatic rings. The van der Waals surface area contributed by atoms with Gasteiger partial charge in [-0.3, -0.25) is 4.79 Å². The largest absolute Gasteiger partial charge is 0.451 e. The van der Waals surface area contributed by atoms with Gasteiger partial charge in [-0.05, 0) is 70.8 Å². The topological polar surface area (TPSA) is 79.4 Å². The minimum atomic E-state index is -0.459. The van der Waals surface area contributed by atoms with Gasteiger partial charge in [0.05, 0.1) is 11.8 Å². The number of amides is 1. The quantitative estimate of drug-likeness (QED) is 0.713. The number of piperidine rings is 1. The number of aryl methyl sites for hydroxylation is 2. The van der Waals surface area contributed by atoms with Gasteiger partial charge in [0.2, 0.25) is 0 Å². The van der Waals surface area contributed by atoms with E-state index in [0.717, 1.165) is 44.8 Å². The summed E-state index contributed by atoms with van der Waals surface area (Å²) in [6, 6.07) is 2.57. The highest BCUT2D eigenvalue weighted by Gasteiger charge is 2.45. The number of benzene rings is 1. The summed E-state index contributed by atoms with van der Waals surface area (Å²) in [6.45, 7) is 11.4. The van der Waals surface area contributed by atoms with Gasteiger partial charge >= 0.3 is 0 Å². The Balaban J connectivity index is 1.67. The van der Waals surface area contributed by atoms with Gasteiger partial charge in [-0.15, -0.1) is 0 Å². The molecule has 3 heterocycles. The average molecular weight is 442 g/mol. The molecule has 172 valence electrons. The highest BCUT2D eigenvalue weighted by Crippen LogP contribution is 2.44. The summed E-state index contributed by atoms with van der Waals surface area (Å²) in [5.41, 5.74) is 1.14. The lowest BCUT2D eigenvalue weighted by Gasteiger charge is -2.53. The van der Waals surface area contributed by atoms with Crippen LogP contribution in [0.1, 0.15) is 55.4 Å². The number of hydrogen-bond acceptors (Lipinski definition) is 6.